The highest BCUT2D eigenvalue weighted by atomic mass is 35.5. The minimum Gasteiger partial charge on any atom is -0.352 e. The second kappa shape index (κ2) is 7.65. The summed E-state index contributed by atoms with van der Waals surface area (Å²) in [4.78, 5) is 26.2. The van der Waals surface area contributed by atoms with Crippen LogP contribution in [0, 0.1) is 5.92 Å². The van der Waals surface area contributed by atoms with Crippen LogP contribution in [0.2, 0.25) is 15.1 Å². The van der Waals surface area contributed by atoms with Gasteiger partial charge in [0, 0.05) is 29.6 Å². The van der Waals surface area contributed by atoms with E-state index in [0.717, 1.165) is 5.56 Å². The maximum absolute atomic E-state index is 12.4. The number of hydrogen-bond acceptors (Lipinski definition) is 2. The first-order valence-electron chi connectivity index (χ1n) is 7.72. The van der Waals surface area contributed by atoms with E-state index >= 15 is 0 Å². The molecule has 1 atom stereocenters. The molecule has 7 heteroatoms. The largest absolute Gasteiger partial charge is 0.352 e. The van der Waals surface area contributed by atoms with E-state index in [9.17, 15) is 9.59 Å². The van der Waals surface area contributed by atoms with Gasteiger partial charge >= 0.3 is 0 Å². The van der Waals surface area contributed by atoms with E-state index in [-0.39, 0.29) is 24.8 Å². The number of hydrogen-bond donors (Lipinski definition) is 1. The molecule has 0 bridgehead atoms. The van der Waals surface area contributed by atoms with Crippen molar-refractivity contribution in [2.75, 3.05) is 11.4 Å². The van der Waals surface area contributed by atoms with E-state index in [1.165, 1.54) is 4.90 Å². The molecule has 4 nitrogen and oxygen atoms in total. The number of anilines is 1. The van der Waals surface area contributed by atoms with Gasteiger partial charge in [-0.15, -0.1) is 0 Å². The molecule has 25 heavy (non-hydrogen) atoms. The minimum absolute atomic E-state index is 0.137. The number of nitrogens with zero attached hydrogens (tertiary/aromatic N) is 1. The second-order valence-corrected chi connectivity index (χ2v) is 7.06. The van der Waals surface area contributed by atoms with Gasteiger partial charge in [-0.3, -0.25) is 9.59 Å². The SMILES string of the molecule is O=C(NCc1ccccc1Cl)C1CC(=O)N(c2ccc(Cl)cc2Cl)C1. The van der Waals surface area contributed by atoms with Crippen LogP contribution in [0.25, 0.3) is 0 Å². The molecule has 0 spiro atoms. The predicted octanol–water partition coefficient (Wildman–Crippen LogP) is 4.32. The molecule has 2 aromatic carbocycles. The molecule has 1 saturated heterocycles. The van der Waals surface area contributed by atoms with Crippen molar-refractivity contribution in [3.05, 3.63) is 63.1 Å². The van der Waals surface area contributed by atoms with Crippen LogP contribution in [0.1, 0.15) is 12.0 Å². The van der Waals surface area contributed by atoms with Crippen molar-refractivity contribution < 1.29 is 9.59 Å². The van der Waals surface area contributed by atoms with Gasteiger partial charge in [0.1, 0.15) is 0 Å². The van der Waals surface area contributed by atoms with Gasteiger partial charge in [0.2, 0.25) is 11.8 Å². The Morgan fingerprint density at radius 1 is 1.12 bits per heavy atom. The number of benzene rings is 2. The summed E-state index contributed by atoms with van der Waals surface area (Å²) in [6.07, 6.45) is 0.146. The van der Waals surface area contributed by atoms with E-state index in [1.807, 2.05) is 18.2 Å². The van der Waals surface area contributed by atoms with Crippen molar-refractivity contribution in [1.82, 2.24) is 5.32 Å². The summed E-state index contributed by atoms with van der Waals surface area (Å²) in [5, 5.41) is 4.32. The molecule has 2 aromatic rings. The average Bonchev–Trinajstić information content (AvgIpc) is 2.96. The Balaban J connectivity index is 1.65. The molecule has 1 N–H and O–H groups in total. The molecule has 0 aliphatic carbocycles. The molecule has 2 amide bonds. The second-order valence-electron chi connectivity index (χ2n) is 5.81. The van der Waals surface area contributed by atoms with E-state index in [1.54, 1.807) is 24.3 Å². The fourth-order valence-corrected chi connectivity index (χ4v) is 3.50. The summed E-state index contributed by atoms with van der Waals surface area (Å²) >= 11 is 18.1. The van der Waals surface area contributed by atoms with Crippen molar-refractivity contribution in [3.63, 3.8) is 0 Å². The summed E-state index contributed by atoms with van der Waals surface area (Å²) in [7, 11) is 0. The molecular formula is C18H15Cl3N2O2. The van der Waals surface area contributed by atoms with Gasteiger partial charge in [-0.05, 0) is 29.8 Å². The standard InChI is InChI=1S/C18H15Cl3N2O2/c19-13-5-6-16(15(21)8-13)23-10-12(7-17(23)24)18(25)22-9-11-3-1-2-4-14(11)20/h1-6,8,12H,7,9-10H2,(H,22,25). The van der Waals surface area contributed by atoms with Crippen LogP contribution >= 0.6 is 34.8 Å². The van der Waals surface area contributed by atoms with Gasteiger partial charge in [-0.1, -0.05) is 53.0 Å². The summed E-state index contributed by atoms with van der Waals surface area (Å²) in [5.41, 5.74) is 1.40. The fourth-order valence-electron chi connectivity index (χ4n) is 2.78. The molecule has 130 valence electrons. The number of halogens is 3. The van der Waals surface area contributed by atoms with Crippen LogP contribution in [-0.4, -0.2) is 18.4 Å². The van der Waals surface area contributed by atoms with E-state index in [2.05, 4.69) is 5.32 Å². The molecule has 0 aromatic heterocycles. The molecule has 1 heterocycles. The summed E-state index contributed by atoms with van der Waals surface area (Å²) in [6.45, 7) is 0.611. The number of carbonyl (C=O) groups excluding carboxylic acids is 2. The molecular weight excluding hydrogens is 383 g/mol. The first kappa shape index (κ1) is 18.1. The molecule has 0 radical (unpaired) electrons. The zero-order valence-electron chi connectivity index (χ0n) is 13.1. The van der Waals surface area contributed by atoms with Crippen LogP contribution in [0.5, 0.6) is 0 Å². The minimum atomic E-state index is -0.429. The van der Waals surface area contributed by atoms with Crippen molar-refractivity contribution >= 4 is 52.3 Å². The summed E-state index contributed by atoms with van der Waals surface area (Å²) in [6, 6.07) is 12.2. The normalized spacial score (nSPS) is 17.0. The molecule has 1 unspecified atom stereocenters. The molecule has 3 rings (SSSR count). The van der Waals surface area contributed by atoms with Crippen molar-refractivity contribution in [1.29, 1.82) is 0 Å². The van der Waals surface area contributed by atoms with Gasteiger partial charge in [-0.2, -0.15) is 0 Å². The Hall–Kier alpha value is -1.75. The highest BCUT2D eigenvalue weighted by Crippen LogP contribution is 2.33. The van der Waals surface area contributed by atoms with E-state index in [0.29, 0.717) is 27.3 Å². The smallest absolute Gasteiger partial charge is 0.227 e. The van der Waals surface area contributed by atoms with E-state index < -0.39 is 5.92 Å². The lowest BCUT2D eigenvalue weighted by atomic mass is 10.1. The van der Waals surface area contributed by atoms with Crippen LogP contribution in [0.3, 0.4) is 0 Å². The maximum atomic E-state index is 12.4. The third kappa shape index (κ3) is 4.09. The first-order chi connectivity index (χ1) is 12.0. The Bertz CT molecular complexity index is 826. The monoisotopic (exact) mass is 396 g/mol. The van der Waals surface area contributed by atoms with Gasteiger partial charge in [0.15, 0.2) is 0 Å². The lowest BCUT2D eigenvalue weighted by Crippen LogP contribution is -2.32. The zero-order valence-corrected chi connectivity index (χ0v) is 15.4. The van der Waals surface area contributed by atoms with Gasteiger partial charge < -0.3 is 10.2 Å². The maximum Gasteiger partial charge on any atom is 0.227 e. The lowest BCUT2D eigenvalue weighted by Gasteiger charge is -2.18. The van der Waals surface area contributed by atoms with Gasteiger partial charge in [0.25, 0.3) is 0 Å². The van der Waals surface area contributed by atoms with Crippen LogP contribution in [-0.2, 0) is 16.1 Å². The first-order valence-corrected chi connectivity index (χ1v) is 8.85. The van der Waals surface area contributed by atoms with Crippen LogP contribution in [0.15, 0.2) is 42.5 Å². The Labute approximate surface area is 160 Å². The molecule has 1 aliphatic heterocycles. The Kier molecular flexibility index (Phi) is 5.52. The number of rotatable bonds is 4. The predicted molar refractivity (Wildman–Crippen MR) is 100 cm³/mol. The fraction of sp³-hybridized carbons (Fsp3) is 0.222. The Morgan fingerprint density at radius 2 is 1.88 bits per heavy atom. The van der Waals surface area contributed by atoms with Crippen LogP contribution in [0.4, 0.5) is 5.69 Å². The summed E-state index contributed by atoms with van der Waals surface area (Å²) in [5.74, 6) is -0.746. The van der Waals surface area contributed by atoms with E-state index in [4.69, 9.17) is 34.8 Å². The van der Waals surface area contributed by atoms with Crippen molar-refractivity contribution in [3.8, 4) is 0 Å². The number of amides is 2. The zero-order chi connectivity index (χ0) is 18.0. The van der Waals surface area contributed by atoms with Gasteiger partial charge in [-0.25, -0.2) is 0 Å². The van der Waals surface area contributed by atoms with Crippen LogP contribution < -0.4 is 10.2 Å². The molecule has 0 saturated carbocycles. The topological polar surface area (TPSA) is 49.4 Å². The highest BCUT2D eigenvalue weighted by Gasteiger charge is 2.35. The molecule has 1 aliphatic rings. The average molecular weight is 398 g/mol. The third-order valence-electron chi connectivity index (χ3n) is 4.11. The quantitative estimate of drug-likeness (QED) is 0.835. The highest BCUT2D eigenvalue weighted by molar-refractivity contribution is 6.36. The van der Waals surface area contributed by atoms with Crippen molar-refractivity contribution in [2.45, 2.75) is 13.0 Å². The van der Waals surface area contributed by atoms with Crippen molar-refractivity contribution in [2.24, 2.45) is 5.92 Å². The summed E-state index contributed by atoms with van der Waals surface area (Å²) < 4.78 is 0. The Morgan fingerprint density at radius 3 is 2.60 bits per heavy atom. The number of nitrogens with one attached hydrogen (secondary N) is 1. The number of carbonyl (C=O) groups is 2. The van der Waals surface area contributed by atoms with Gasteiger partial charge in [0.05, 0.1) is 16.6 Å². The third-order valence-corrected chi connectivity index (χ3v) is 5.01. The lowest BCUT2D eigenvalue weighted by molar-refractivity contribution is -0.126. The molecule has 1 fully saturated rings.